The van der Waals surface area contributed by atoms with Crippen molar-refractivity contribution in [3.63, 3.8) is 0 Å². The monoisotopic (exact) mass is 226 g/mol. The molecule has 0 aromatic rings. The van der Waals surface area contributed by atoms with Gasteiger partial charge in [0.05, 0.1) is 18.7 Å². The van der Waals surface area contributed by atoms with Gasteiger partial charge in [-0.05, 0) is 39.2 Å². The first-order chi connectivity index (χ1) is 7.83. The van der Waals surface area contributed by atoms with Crippen LogP contribution in [0.5, 0.6) is 0 Å². The van der Waals surface area contributed by atoms with Gasteiger partial charge >= 0.3 is 0 Å². The van der Waals surface area contributed by atoms with Crippen LogP contribution in [0.15, 0.2) is 0 Å². The Hall–Kier alpha value is -0.610. The smallest absolute Gasteiger partial charge is 0.240 e. The van der Waals surface area contributed by atoms with Gasteiger partial charge in [-0.15, -0.1) is 0 Å². The molecule has 2 fully saturated rings. The summed E-state index contributed by atoms with van der Waals surface area (Å²) < 4.78 is 5.45. The highest BCUT2D eigenvalue weighted by Gasteiger charge is 2.33. The number of nitrogens with one attached hydrogen (secondary N) is 1. The summed E-state index contributed by atoms with van der Waals surface area (Å²) in [6.45, 7) is 5.34. The standard InChI is InChI=1S/C12H22N2O2/c1-2-16-9-10-5-4-8-14(10)12(15)11-6-3-7-13-11/h10-11,13H,2-9H2,1H3/t10-,11+/m1/s1. The Balaban J connectivity index is 1.88. The SMILES string of the molecule is CCOC[C@H]1CCCN1C(=O)[C@@H]1CCCN1. The van der Waals surface area contributed by atoms with Gasteiger partial charge < -0.3 is 15.0 Å². The van der Waals surface area contributed by atoms with Gasteiger partial charge in [-0.25, -0.2) is 0 Å². The lowest BCUT2D eigenvalue weighted by molar-refractivity contribution is -0.135. The van der Waals surface area contributed by atoms with Crippen molar-refractivity contribution in [3.05, 3.63) is 0 Å². The molecular weight excluding hydrogens is 204 g/mol. The minimum atomic E-state index is 0.0715. The number of amides is 1. The third kappa shape index (κ3) is 2.55. The molecular formula is C12H22N2O2. The van der Waals surface area contributed by atoms with Gasteiger partial charge in [-0.3, -0.25) is 4.79 Å². The van der Waals surface area contributed by atoms with Gasteiger partial charge in [0.1, 0.15) is 0 Å². The molecule has 16 heavy (non-hydrogen) atoms. The van der Waals surface area contributed by atoms with E-state index in [1.165, 1.54) is 0 Å². The molecule has 0 radical (unpaired) electrons. The number of hydrogen-bond acceptors (Lipinski definition) is 3. The summed E-state index contributed by atoms with van der Waals surface area (Å²) in [5.41, 5.74) is 0. The number of likely N-dealkylation sites (tertiary alicyclic amines) is 1. The molecule has 4 nitrogen and oxygen atoms in total. The quantitative estimate of drug-likeness (QED) is 0.769. The summed E-state index contributed by atoms with van der Waals surface area (Å²) in [6.07, 6.45) is 4.34. The fourth-order valence-corrected chi connectivity index (χ4v) is 2.65. The predicted octanol–water partition coefficient (Wildman–Crippen LogP) is 0.766. The molecule has 0 spiro atoms. The minimum Gasteiger partial charge on any atom is -0.380 e. The van der Waals surface area contributed by atoms with Crippen LogP contribution in [0.2, 0.25) is 0 Å². The average molecular weight is 226 g/mol. The Bertz CT molecular complexity index is 239. The normalized spacial score (nSPS) is 29.9. The number of ether oxygens (including phenoxy) is 1. The Morgan fingerprint density at radius 2 is 2.31 bits per heavy atom. The van der Waals surface area contributed by atoms with E-state index in [9.17, 15) is 4.79 Å². The molecule has 2 heterocycles. The maximum atomic E-state index is 12.2. The zero-order valence-corrected chi connectivity index (χ0v) is 10.1. The molecule has 2 rings (SSSR count). The molecule has 0 bridgehead atoms. The van der Waals surface area contributed by atoms with Crippen molar-refractivity contribution < 1.29 is 9.53 Å². The molecule has 4 heteroatoms. The van der Waals surface area contributed by atoms with Crippen LogP contribution in [0, 0.1) is 0 Å². The molecule has 2 atom stereocenters. The number of nitrogens with zero attached hydrogens (tertiary/aromatic N) is 1. The van der Waals surface area contributed by atoms with E-state index in [2.05, 4.69) is 5.32 Å². The number of rotatable bonds is 4. The van der Waals surface area contributed by atoms with Crippen LogP contribution in [0.3, 0.4) is 0 Å². The number of carbonyl (C=O) groups is 1. The van der Waals surface area contributed by atoms with E-state index in [0.717, 1.165) is 45.4 Å². The van der Waals surface area contributed by atoms with Gasteiger partial charge in [-0.2, -0.15) is 0 Å². The summed E-state index contributed by atoms with van der Waals surface area (Å²) in [7, 11) is 0. The highest BCUT2D eigenvalue weighted by Crippen LogP contribution is 2.20. The zero-order valence-electron chi connectivity index (χ0n) is 10.1. The summed E-state index contributed by atoms with van der Waals surface area (Å²) in [6, 6.07) is 0.386. The first-order valence-corrected chi connectivity index (χ1v) is 6.44. The molecule has 2 saturated heterocycles. The largest absolute Gasteiger partial charge is 0.380 e. The van der Waals surface area contributed by atoms with Crippen LogP contribution in [0.1, 0.15) is 32.6 Å². The van der Waals surface area contributed by atoms with Gasteiger partial charge in [0.2, 0.25) is 5.91 Å². The van der Waals surface area contributed by atoms with Crippen LogP contribution >= 0.6 is 0 Å². The van der Waals surface area contributed by atoms with E-state index < -0.39 is 0 Å². The molecule has 2 aliphatic heterocycles. The maximum Gasteiger partial charge on any atom is 0.240 e. The Labute approximate surface area is 97.3 Å². The summed E-state index contributed by atoms with van der Waals surface area (Å²) in [5, 5.41) is 3.28. The topological polar surface area (TPSA) is 41.6 Å². The molecule has 0 saturated carbocycles. The van der Waals surface area contributed by atoms with Crippen molar-refractivity contribution >= 4 is 5.91 Å². The third-order valence-electron chi connectivity index (χ3n) is 3.53. The molecule has 92 valence electrons. The minimum absolute atomic E-state index is 0.0715. The molecule has 0 unspecified atom stereocenters. The molecule has 1 N–H and O–H groups in total. The highest BCUT2D eigenvalue weighted by atomic mass is 16.5. The van der Waals surface area contributed by atoms with E-state index in [-0.39, 0.29) is 6.04 Å². The van der Waals surface area contributed by atoms with Crippen molar-refractivity contribution in [2.45, 2.75) is 44.7 Å². The highest BCUT2D eigenvalue weighted by molar-refractivity contribution is 5.82. The second-order valence-electron chi connectivity index (χ2n) is 4.64. The molecule has 0 aliphatic carbocycles. The fraction of sp³-hybridized carbons (Fsp3) is 0.917. The molecule has 0 aromatic heterocycles. The Kier molecular flexibility index (Phi) is 4.18. The second-order valence-corrected chi connectivity index (χ2v) is 4.64. The van der Waals surface area contributed by atoms with E-state index in [1.807, 2.05) is 11.8 Å². The third-order valence-corrected chi connectivity index (χ3v) is 3.53. The summed E-state index contributed by atoms with van der Waals surface area (Å²) in [4.78, 5) is 14.3. The number of carbonyl (C=O) groups excluding carboxylic acids is 1. The van der Waals surface area contributed by atoms with Gasteiger partial charge in [-0.1, -0.05) is 0 Å². The van der Waals surface area contributed by atoms with Crippen LogP contribution < -0.4 is 5.32 Å². The van der Waals surface area contributed by atoms with Crippen LogP contribution in [0.4, 0.5) is 0 Å². The number of hydrogen-bond donors (Lipinski definition) is 1. The maximum absolute atomic E-state index is 12.2. The van der Waals surface area contributed by atoms with Crippen LogP contribution in [-0.4, -0.2) is 49.2 Å². The Morgan fingerprint density at radius 3 is 3.00 bits per heavy atom. The lowest BCUT2D eigenvalue weighted by Gasteiger charge is -2.27. The average Bonchev–Trinajstić information content (AvgIpc) is 2.96. The summed E-state index contributed by atoms with van der Waals surface area (Å²) >= 11 is 0. The van der Waals surface area contributed by atoms with Crippen molar-refractivity contribution in [1.82, 2.24) is 10.2 Å². The van der Waals surface area contributed by atoms with Crippen molar-refractivity contribution in [3.8, 4) is 0 Å². The predicted molar refractivity (Wildman–Crippen MR) is 62.3 cm³/mol. The molecule has 2 aliphatic rings. The van der Waals surface area contributed by atoms with Gasteiger partial charge in [0.15, 0.2) is 0 Å². The lowest BCUT2D eigenvalue weighted by Crippen LogP contribution is -2.47. The lowest BCUT2D eigenvalue weighted by atomic mass is 10.2. The zero-order chi connectivity index (χ0) is 11.4. The van der Waals surface area contributed by atoms with Crippen LogP contribution in [-0.2, 0) is 9.53 Å². The van der Waals surface area contributed by atoms with E-state index in [4.69, 9.17) is 4.74 Å². The van der Waals surface area contributed by atoms with E-state index in [0.29, 0.717) is 18.6 Å². The fourth-order valence-electron chi connectivity index (χ4n) is 2.65. The second kappa shape index (κ2) is 5.64. The first kappa shape index (κ1) is 11.9. The van der Waals surface area contributed by atoms with E-state index in [1.54, 1.807) is 0 Å². The van der Waals surface area contributed by atoms with Crippen molar-refractivity contribution in [2.24, 2.45) is 0 Å². The molecule has 1 amide bonds. The van der Waals surface area contributed by atoms with Gasteiger partial charge in [0.25, 0.3) is 0 Å². The van der Waals surface area contributed by atoms with Crippen molar-refractivity contribution in [1.29, 1.82) is 0 Å². The van der Waals surface area contributed by atoms with Crippen LogP contribution in [0.25, 0.3) is 0 Å². The van der Waals surface area contributed by atoms with Gasteiger partial charge in [0, 0.05) is 13.2 Å². The van der Waals surface area contributed by atoms with Crippen molar-refractivity contribution in [2.75, 3.05) is 26.3 Å². The first-order valence-electron chi connectivity index (χ1n) is 6.44. The van der Waals surface area contributed by atoms with E-state index >= 15 is 0 Å². The Morgan fingerprint density at radius 1 is 1.44 bits per heavy atom. The summed E-state index contributed by atoms with van der Waals surface area (Å²) in [5.74, 6) is 0.291. The molecule has 0 aromatic carbocycles.